The third-order valence-corrected chi connectivity index (χ3v) is 4.97. The summed E-state index contributed by atoms with van der Waals surface area (Å²) in [5.41, 5.74) is 1.26. The van der Waals surface area contributed by atoms with E-state index in [0.29, 0.717) is 15.7 Å². The zero-order chi connectivity index (χ0) is 19.4. The van der Waals surface area contributed by atoms with Gasteiger partial charge in [0.25, 0.3) is 5.56 Å². The molecule has 0 bridgehead atoms. The van der Waals surface area contributed by atoms with Gasteiger partial charge in [-0.25, -0.2) is 4.79 Å². The van der Waals surface area contributed by atoms with Crippen LogP contribution in [0.1, 0.15) is 13.8 Å². The lowest BCUT2D eigenvalue weighted by atomic mass is 10.2. The van der Waals surface area contributed by atoms with E-state index in [9.17, 15) is 14.9 Å². The number of nitriles is 1. The van der Waals surface area contributed by atoms with Gasteiger partial charge in [0.05, 0.1) is 18.3 Å². The molecule has 0 amide bonds. The molecule has 3 aromatic rings. The predicted octanol–water partition coefficient (Wildman–Crippen LogP) is 0.893. The molecule has 0 fully saturated rings. The average molecular weight is 383 g/mol. The molecular formula is C18H17N5O3S. The molecule has 0 atom stereocenters. The molecule has 0 saturated carbocycles. The minimum Gasteiger partial charge on any atom is -0.462 e. The van der Waals surface area contributed by atoms with Gasteiger partial charge in [0.15, 0.2) is 5.57 Å². The maximum atomic E-state index is 12.6. The quantitative estimate of drug-likeness (QED) is 0.633. The van der Waals surface area contributed by atoms with E-state index in [1.807, 2.05) is 24.3 Å². The summed E-state index contributed by atoms with van der Waals surface area (Å²) in [6.45, 7) is 3.93. The molecule has 0 unspecified atom stereocenters. The molecule has 0 saturated heterocycles. The second-order valence-electron chi connectivity index (χ2n) is 5.49. The molecule has 0 aliphatic carbocycles. The minimum atomic E-state index is -0.728. The fraction of sp³-hybridized carbons (Fsp3) is 0.222. The fourth-order valence-corrected chi connectivity index (χ4v) is 3.63. The minimum absolute atomic E-state index is 0.156. The lowest BCUT2D eigenvalue weighted by Crippen LogP contribution is -2.32. The normalized spacial score (nSPS) is 12.7. The molecule has 2 aromatic heterocycles. The van der Waals surface area contributed by atoms with E-state index in [-0.39, 0.29) is 17.7 Å². The predicted molar refractivity (Wildman–Crippen MR) is 103 cm³/mol. The van der Waals surface area contributed by atoms with Gasteiger partial charge in [-0.3, -0.25) is 14.5 Å². The maximum absolute atomic E-state index is 12.6. The number of fused-ring (bicyclic) bond motifs is 1. The summed E-state index contributed by atoms with van der Waals surface area (Å²) in [4.78, 5) is 24.6. The summed E-state index contributed by atoms with van der Waals surface area (Å²) in [6.07, 6.45) is 3.28. The van der Waals surface area contributed by atoms with Crippen LogP contribution >= 0.6 is 11.3 Å². The third-order valence-electron chi connectivity index (χ3n) is 3.84. The van der Waals surface area contributed by atoms with Crippen LogP contribution in [0.15, 0.2) is 29.2 Å². The largest absolute Gasteiger partial charge is 0.462 e. The summed E-state index contributed by atoms with van der Waals surface area (Å²) in [5, 5.41) is 20.2. The van der Waals surface area contributed by atoms with Crippen LogP contribution in [0.5, 0.6) is 0 Å². The smallest absolute Gasteiger partial charge is 0.351 e. The van der Waals surface area contributed by atoms with Crippen LogP contribution in [-0.2, 0) is 16.1 Å². The molecule has 3 rings (SSSR count). The van der Waals surface area contributed by atoms with Crippen molar-refractivity contribution in [2.24, 2.45) is 0 Å². The molecule has 0 aliphatic rings. The Kier molecular flexibility index (Phi) is 5.38. The number of aromatic amines is 1. The lowest BCUT2D eigenvalue weighted by molar-refractivity contribution is -0.136. The summed E-state index contributed by atoms with van der Waals surface area (Å²) < 4.78 is 6.99. The fourth-order valence-electron chi connectivity index (χ4n) is 2.56. The van der Waals surface area contributed by atoms with Gasteiger partial charge in [0.2, 0.25) is 0 Å². The SMILES string of the molecule is CCOC(=O)/C(C#N)=c1\s/c(=C\Nc2ccc3[nH]ncc3c2)c(=O)n1CC. The van der Waals surface area contributed by atoms with Crippen LogP contribution in [0.3, 0.4) is 0 Å². The van der Waals surface area contributed by atoms with Gasteiger partial charge < -0.3 is 10.1 Å². The Bertz CT molecular complexity index is 1210. The van der Waals surface area contributed by atoms with Crippen molar-refractivity contribution < 1.29 is 9.53 Å². The number of carbonyl (C=O) groups is 1. The number of benzene rings is 1. The molecule has 0 aliphatic heterocycles. The Labute approximate surface area is 158 Å². The van der Waals surface area contributed by atoms with Crippen LogP contribution in [0.4, 0.5) is 5.69 Å². The molecule has 27 heavy (non-hydrogen) atoms. The van der Waals surface area contributed by atoms with Gasteiger partial charge >= 0.3 is 5.97 Å². The van der Waals surface area contributed by atoms with E-state index in [2.05, 4.69) is 15.5 Å². The molecule has 1 aromatic carbocycles. The monoisotopic (exact) mass is 383 g/mol. The number of esters is 1. The van der Waals surface area contributed by atoms with E-state index < -0.39 is 5.97 Å². The van der Waals surface area contributed by atoms with Crippen LogP contribution in [0, 0.1) is 11.3 Å². The number of anilines is 1. The number of nitrogens with zero attached hydrogens (tertiary/aromatic N) is 3. The molecule has 2 heterocycles. The number of nitrogens with one attached hydrogen (secondary N) is 2. The standard InChI is InChI=1S/C18H17N5O3S/c1-3-23-16(24)15(27-17(23)13(8-19)18(25)26-4-2)10-20-12-5-6-14-11(7-12)9-21-22-14/h5-7,9-10,20H,3-4H2,1-2H3,(H,21,22)/b15-10-,17-13-. The Morgan fingerprint density at radius 2 is 2.30 bits per heavy atom. The number of carbonyl (C=O) groups excluding carboxylic acids is 1. The van der Waals surface area contributed by atoms with E-state index in [1.54, 1.807) is 26.2 Å². The number of rotatable bonds is 5. The van der Waals surface area contributed by atoms with Crippen molar-refractivity contribution in [3.8, 4) is 6.07 Å². The first kappa shape index (κ1) is 18.4. The van der Waals surface area contributed by atoms with Gasteiger partial charge in [-0.1, -0.05) is 0 Å². The first-order chi connectivity index (χ1) is 13.1. The van der Waals surface area contributed by atoms with Crippen molar-refractivity contribution in [2.75, 3.05) is 11.9 Å². The van der Waals surface area contributed by atoms with E-state index in [4.69, 9.17) is 4.74 Å². The Hall–Kier alpha value is -3.38. The highest BCUT2D eigenvalue weighted by Crippen LogP contribution is 2.16. The average Bonchev–Trinajstić information content (AvgIpc) is 3.25. The maximum Gasteiger partial charge on any atom is 0.351 e. The summed E-state index contributed by atoms with van der Waals surface area (Å²) in [6, 6.07) is 7.49. The van der Waals surface area contributed by atoms with E-state index in [1.165, 1.54) is 4.57 Å². The lowest BCUT2D eigenvalue weighted by Gasteiger charge is -2.00. The number of ether oxygens (including phenoxy) is 1. The van der Waals surface area contributed by atoms with Crippen molar-refractivity contribution in [1.29, 1.82) is 5.26 Å². The number of thiazole rings is 1. The summed E-state index contributed by atoms with van der Waals surface area (Å²) >= 11 is 1.08. The second kappa shape index (κ2) is 7.88. The van der Waals surface area contributed by atoms with Gasteiger partial charge in [0, 0.05) is 23.8 Å². The van der Waals surface area contributed by atoms with Crippen molar-refractivity contribution >= 4 is 45.7 Å². The van der Waals surface area contributed by atoms with Crippen molar-refractivity contribution in [3.05, 3.63) is 43.9 Å². The van der Waals surface area contributed by atoms with Crippen LogP contribution in [-0.4, -0.2) is 27.3 Å². The molecule has 138 valence electrons. The highest BCUT2D eigenvalue weighted by atomic mass is 32.1. The first-order valence-electron chi connectivity index (χ1n) is 8.30. The number of hydrogen-bond donors (Lipinski definition) is 2. The van der Waals surface area contributed by atoms with E-state index >= 15 is 0 Å². The van der Waals surface area contributed by atoms with Crippen molar-refractivity contribution in [2.45, 2.75) is 20.4 Å². The van der Waals surface area contributed by atoms with Gasteiger partial charge in [0.1, 0.15) is 15.3 Å². The van der Waals surface area contributed by atoms with Gasteiger partial charge in [-0.05, 0) is 32.0 Å². The zero-order valence-corrected chi connectivity index (χ0v) is 15.6. The topological polar surface area (TPSA) is 113 Å². The first-order valence-corrected chi connectivity index (χ1v) is 9.11. The van der Waals surface area contributed by atoms with Gasteiger partial charge in [-0.15, -0.1) is 11.3 Å². The molecular weight excluding hydrogens is 366 g/mol. The number of aromatic nitrogens is 3. The van der Waals surface area contributed by atoms with Crippen LogP contribution in [0.25, 0.3) is 22.7 Å². The molecule has 2 N–H and O–H groups in total. The van der Waals surface area contributed by atoms with Crippen LogP contribution in [0.2, 0.25) is 0 Å². The molecule has 0 radical (unpaired) electrons. The highest BCUT2D eigenvalue weighted by molar-refractivity contribution is 7.07. The number of hydrogen-bond acceptors (Lipinski definition) is 7. The number of H-pyrrole nitrogens is 1. The third kappa shape index (κ3) is 3.61. The summed E-state index contributed by atoms with van der Waals surface area (Å²) in [5.74, 6) is -0.728. The zero-order valence-electron chi connectivity index (χ0n) is 14.8. The van der Waals surface area contributed by atoms with Crippen molar-refractivity contribution in [3.63, 3.8) is 0 Å². The molecule has 9 heteroatoms. The van der Waals surface area contributed by atoms with Crippen LogP contribution < -0.4 is 20.1 Å². The second-order valence-corrected chi connectivity index (χ2v) is 6.52. The highest BCUT2D eigenvalue weighted by Gasteiger charge is 2.16. The Balaban J connectivity index is 2.07. The van der Waals surface area contributed by atoms with Crippen molar-refractivity contribution in [1.82, 2.24) is 14.8 Å². The Morgan fingerprint density at radius 1 is 1.48 bits per heavy atom. The van der Waals surface area contributed by atoms with Gasteiger partial charge in [-0.2, -0.15) is 10.4 Å². The van der Waals surface area contributed by atoms with E-state index in [0.717, 1.165) is 27.9 Å². The molecule has 8 nitrogen and oxygen atoms in total. The Morgan fingerprint density at radius 3 is 3.00 bits per heavy atom. The summed E-state index contributed by atoms with van der Waals surface area (Å²) in [7, 11) is 0. The molecule has 0 spiro atoms.